The molecule has 0 fully saturated rings. The fourth-order valence-electron chi connectivity index (χ4n) is 5.44. The van der Waals surface area contributed by atoms with E-state index in [-0.39, 0.29) is 11.0 Å². The summed E-state index contributed by atoms with van der Waals surface area (Å²) in [5, 5.41) is 5.48. The van der Waals surface area contributed by atoms with Crippen molar-refractivity contribution in [2.75, 3.05) is 7.11 Å². The number of hydrogen-bond donors (Lipinski definition) is 1. The quantitative estimate of drug-likeness (QED) is 0.465. The molecule has 0 amide bonds. The number of nitrogens with zero attached hydrogens (tertiary/aromatic N) is 3. The van der Waals surface area contributed by atoms with Gasteiger partial charge in [-0.25, -0.2) is 4.98 Å². The summed E-state index contributed by atoms with van der Waals surface area (Å²) in [6.45, 7) is 7.05. The molecule has 2 aliphatic carbocycles. The van der Waals surface area contributed by atoms with E-state index >= 15 is 0 Å². The fourth-order valence-corrected chi connectivity index (χ4v) is 5.44. The first-order valence-electron chi connectivity index (χ1n) is 11.2. The predicted octanol–water partition coefficient (Wildman–Crippen LogP) is 5.27. The second kappa shape index (κ2) is 7.36. The normalized spacial score (nSPS) is 23.6. The van der Waals surface area contributed by atoms with Crippen molar-refractivity contribution in [3.8, 4) is 5.75 Å². The van der Waals surface area contributed by atoms with Crippen molar-refractivity contribution in [2.45, 2.75) is 52.9 Å². The Kier molecular flexibility index (Phi) is 4.76. The minimum absolute atomic E-state index is 0.183. The molecule has 2 aliphatic rings. The molecule has 0 spiro atoms. The number of benzene rings is 1. The van der Waals surface area contributed by atoms with Gasteiger partial charge in [-0.1, -0.05) is 31.9 Å². The maximum Gasteiger partial charge on any atom is 0.298 e. The topological polar surface area (TPSA) is 72.3 Å². The van der Waals surface area contributed by atoms with Gasteiger partial charge in [0.15, 0.2) is 0 Å². The lowest BCUT2D eigenvalue weighted by Gasteiger charge is -2.42. The predicted molar refractivity (Wildman–Crippen MR) is 125 cm³/mol. The maximum absolute atomic E-state index is 13.1. The zero-order chi connectivity index (χ0) is 21.8. The molecule has 0 aliphatic heterocycles. The van der Waals surface area contributed by atoms with Crippen molar-refractivity contribution in [2.24, 2.45) is 22.4 Å². The van der Waals surface area contributed by atoms with Crippen LogP contribution in [0.3, 0.4) is 0 Å². The van der Waals surface area contributed by atoms with Crippen LogP contribution >= 0.6 is 0 Å². The number of aromatic amines is 1. The summed E-state index contributed by atoms with van der Waals surface area (Å²) in [5.41, 5.74) is 5.36. The van der Waals surface area contributed by atoms with Gasteiger partial charge >= 0.3 is 0 Å². The van der Waals surface area contributed by atoms with E-state index in [0.29, 0.717) is 22.9 Å². The highest BCUT2D eigenvalue weighted by atomic mass is 16.5. The van der Waals surface area contributed by atoms with Crippen LogP contribution < -0.4 is 10.3 Å². The minimum atomic E-state index is -0.183. The van der Waals surface area contributed by atoms with E-state index < -0.39 is 0 Å². The molecule has 1 aromatic carbocycles. The Morgan fingerprint density at radius 3 is 2.97 bits per heavy atom. The second-order valence-corrected chi connectivity index (χ2v) is 9.79. The van der Waals surface area contributed by atoms with Gasteiger partial charge in [0.2, 0.25) is 0 Å². The molecule has 6 nitrogen and oxygen atoms in total. The Morgan fingerprint density at radius 1 is 1.32 bits per heavy atom. The Morgan fingerprint density at radius 2 is 2.16 bits per heavy atom. The van der Waals surface area contributed by atoms with Gasteiger partial charge in [-0.05, 0) is 55.6 Å². The lowest BCUT2D eigenvalue weighted by atomic mass is 9.63. The summed E-state index contributed by atoms with van der Waals surface area (Å²) in [7, 11) is 1.63. The van der Waals surface area contributed by atoms with Crippen LogP contribution in [0.1, 0.15) is 52.9 Å². The van der Waals surface area contributed by atoms with Crippen LogP contribution in [0, 0.1) is 17.3 Å². The highest BCUT2D eigenvalue weighted by Gasteiger charge is 2.36. The van der Waals surface area contributed by atoms with Gasteiger partial charge in [0.1, 0.15) is 23.1 Å². The van der Waals surface area contributed by atoms with Crippen LogP contribution in [0.5, 0.6) is 5.75 Å². The average Bonchev–Trinajstić information content (AvgIpc) is 3.12. The first-order valence-corrected chi connectivity index (χ1v) is 11.2. The molecular weight excluding hydrogens is 388 g/mol. The average molecular weight is 419 g/mol. The summed E-state index contributed by atoms with van der Waals surface area (Å²) >= 11 is 0. The number of allylic oxidation sites excluding steroid dienone is 2. The fraction of sp³-hybridized carbons (Fsp3) is 0.480. The molecule has 5 rings (SSSR count). The molecule has 1 N–H and O–H groups in total. The zero-order valence-corrected chi connectivity index (χ0v) is 18.7. The van der Waals surface area contributed by atoms with E-state index in [4.69, 9.17) is 4.74 Å². The summed E-state index contributed by atoms with van der Waals surface area (Å²) in [5.74, 6) is 1.61. The Bertz CT molecular complexity index is 1280. The number of methoxy groups -OCH3 is 1. The van der Waals surface area contributed by atoms with E-state index in [1.54, 1.807) is 18.3 Å². The van der Waals surface area contributed by atoms with Crippen molar-refractivity contribution >= 4 is 28.2 Å². The van der Waals surface area contributed by atoms with Gasteiger partial charge in [0.25, 0.3) is 5.56 Å². The smallest absolute Gasteiger partial charge is 0.298 e. The third-order valence-corrected chi connectivity index (χ3v) is 7.34. The lowest BCUT2D eigenvalue weighted by Crippen LogP contribution is -2.30. The van der Waals surface area contributed by atoms with Crippen LogP contribution in [-0.2, 0) is 0 Å². The number of nitrogens with one attached hydrogen (secondary N) is 1. The maximum atomic E-state index is 13.1. The third-order valence-electron chi connectivity index (χ3n) is 7.34. The SMILES string of the molecule is COc1ccc2c(c1)[nH]c1c(=O)n(/N=C\[C@@H]3CC4=C(CCCC4(C)C)C[C@@H]3C)cnc12. The molecule has 6 heteroatoms. The molecule has 31 heavy (non-hydrogen) atoms. The van der Waals surface area contributed by atoms with Gasteiger partial charge < -0.3 is 9.72 Å². The van der Waals surface area contributed by atoms with E-state index in [1.165, 1.54) is 30.3 Å². The first-order chi connectivity index (χ1) is 14.9. The van der Waals surface area contributed by atoms with Crippen LogP contribution in [0.2, 0.25) is 0 Å². The van der Waals surface area contributed by atoms with Gasteiger partial charge in [-0.2, -0.15) is 9.78 Å². The first kappa shape index (κ1) is 20.0. The van der Waals surface area contributed by atoms with E-state index in [0.717, 1.165) is 29.5 Å². The van der Waals surface area contributed by atoms with Crippen molar-refractivity contribution in [1.29, 1.82) is 0 Å². The number of aromatic nitrogens is 3. The van der Waals surface area contributed by atoms with E-state index in [9.17, 15) is 4.79 Å². The molecule has 2 heterocycles. The summed E-state index contributed by atoms with van der Waals surface area (Å²) in [6, 6.07) is 5.68. The third kappa shape index (κ3) is 3.38. The van der Waals surface area contributed by atoms with Crippen molar-refractivity contribution < 1.29 is 4.74 Å². The number of ether oxygens (including phenoxy) is 1. The number of H-pyrrole nitrogens is 1. The summed E-state index contributed by atoms with van der Waals surface area (Å²) < 4.78 is 6.65. The Balaban J connectivity index is 1.47. The van der Waals surface area contributed by atoms with Gasteiger partial charge in [-0.15, -0.1) is 0 Å². The van der Waals surface area contributed by atoms with E-state index in [2.05, 4.69) is 35.8 Å². The molecular formula is C25H30N4O2. The highest BCUT2D eigenvalue weighted by Crippen LogP contribution is 2.48. The monoisotopic (exact) mass is 418 g/mol. The molecule has 162 valence electrons. The lowest BCUT2D eigenvalue weighted by molar-refractivity contribution is 0.295. The van der Waals surface area contributed by atoms with Crippen molar-refractivity contribution in [3.63, 3.8) is 0 Å². The molecule has 0 saturated heterocycles. The Hall–Kier alpha value is -2.89. The van der Waals surface area contributed by atoms with Gasteiger partial charge in [-0.3, -0.25) is 4.79 Å². The second-order valence-electron chi connectivity index (χ2n) is 9.79. The van der Waals surface area contributed by atoms with Crippen LogP contribution in [0.25, 0.3) is 21.9 Å². The summed E-state index contributed by atoms with van der Waals surface area (Å²) in [6.07, 6.45) is 9.50. The molecule has 0 unspecified atom stereocenters. The van der Waals surface area contributed by atoms with E-state index in [1.807, 2.05) is 24.4 Å². The number of fused-ring (bicyclic) bond motifs is 3. The van der Waals surface area contributed by atoms with Crippen molar-refractivity contribution in [3.05, 3.63) is 46.0 Å². The Labute approximate surface area is 182 Å². The molecule has 3 aromatic rings. The standard InChI is InChI=1S/C25H30N4O2/c1-15-10-16-6-5-9-25(2,3)20(16)11-17(15)13-27-29-14-26-22-19-8-7-18(31-4)12-21(19)28-23(22)24(29)30/h7-8,12-15,17,28H,5-6,9-11H2,1-4H3/b27-13-/t15-,17-/m0/s1. The summed E-state index contributed by atoms with van der Waals surface area (Å²) in [4.78, 5) is 20.8. The molecule has 2 atom stereocenters. The van der Waals surface area contributed by atoms with Crippen LogP contribution in [-0.4, -0.2) is 28.0 Å². The number of rotatable bonds is 3. The van der Waals surface area contributed by atoms with Gasteiger partial charge in [0.05, 0.1) is 12.6 Å². The largest absolute Gasteiger partial charge is 0.497 e. The van der Waals surface area contributed by atoms with Crippen LogP contribution in [0.15, 0.2) is 45.6 Å². The minimum Gasteiger partial charge on any atom is -0.497 e. The zero-order valence-electron chi connectivity index (χ0n) is 18.7. The molecule has 0 radical (unpaired) electrons. The molecule has 0 bridgehead atoms. The molecule has 2 aromatic heterocycles. The van der Waals surface area contributed by atoms with Gasteiger partial charge in [0, 0.05) is 23.6 Å². The number of hydrogen-bond acceptors (Lipinski definition) is 4. The van der Waals surface area contributed by atoms with Crippen molar-refractivity contribution in [1.82, 2.24) is 14.6 Å². The van der Waals surface area contributed by atoms with Crippen LogP contribution in [0.4, 0.5) is 0 Å². The highest BCUT2D eigenvalue weighted by molar-refractivity contribution is 6.04. The molecule has 0 saturated carbocycles.